The predicted octanol–water partition coefficient (Wildman–Crippen LogP) is 4.38. The average molecular weight is 318 g/mol. The molecule has 1 N–H and O–H groups in total. The zero-order chi connectivity index (χ0) is 16.9. The largest absolute Gasteiger partial charge is 0.472 e. The lowest BCUT2D eigenvalue weighted by Crippen LogP contribution is -2.64. The van der Waals surface area contributed by atoms with E-state index in [1.54, 1.807) is 12.5 Å². The van der Waals surface area contributed by atoms with Crippen molar-refractivity contribution in [2.75, 3.05) is 0 Å². The van der Waals surface area contributed by atoms with Gasteiger partial charge in [-0.25, -0.2) is 0 Å². The Morgan fingerprint density at radius 1 is 1.30 bits per heavy atom. The fourth-order valence-electron chi connectivity index (χ4n) is 5.55. The summed E-state index contributed by atoms with van der Waals surface area (Å²) in [5, 5.41) is 11.7. The molecule has 1 aromatic heterocycles. The van der Waals surface area contributed by atoms with Crippen LogP contribution in [0.1, 0.15) is 65.4 Å². The van der Waals surface area contributed by atoms with Gasteiger partial charge in [-0.2, -0.15) is 0 Å². The second kappa shape index (κ2) is 5.47. The van der Waals surface area contributed by atoms with Crippen LogP contribution in [-0.4, -0.2) is 16.5 Å². The standard InChI is InChI=1S/C20H30O3/c1-14-16(21)12-17-18(2,3)8-5-9-19(17,4)20(14,22)10-6-15-7-11-23-13-15/h7,11,13-14,17,22H,5-6,8-10,12H2,1-4H3/t14-,17+,19-,20+/m0/s1. The fraction of sp³-hybridized carbons (Fsp3) is 0.750. The zero-order valence-electron chi connectivity index (χ0n) is 14.9. The quantitative estimate of drug-likeness (QED) is 0.899. The van der Waals surface area contributed by atoms with Crippen LogP contribution in [-0.2, 0) is 11.2 Å². The van der Waals surface area contributed by atoms with Gasteiger partial charge in [0.15, 0.2) is 0 Å². The molecule has 2 saturated carbocycles. The number of carbonyl (C=O) groups is 1. The van der Waals surface area contributed by atoms with Crippen molar-refractivity contribution >= 4 is 5.78 Å². The smallest absolute Gasteiger partial charge is 0.138 e. The SMILES string of the molecule is C[C@H]1C(=O)C[C@@H]2C(C)(C)CCC[C@]2(C)[C@@]1(O)CCc1ccoc1. The van der Waals surface area contributed by atoms with Gasteiger partial charge >= 0.3 is 0 Å². The van der Waals surface area contributed by atoms with E-state index in [1.807, 2.05) is 13.0 Å². The minimum Gasteiger partial charge on any atom is -0.472 e. The van der Waals surface area contributed by atoms with Gasteiger partial charge in [-0.05, 0) is 48.6 Å². The van der Waals surface area contributed by atoms with Crippen molar-refractivity contribution in [3.63, 3.8) is 0 Å². The molecule has 2 fully saturated rings. The van der Waals surface area contributed by atoms with Gasteiger partial charge in [0, 0.05) is 17.8 Å². The zero-order valence-corrected chi connectivity index (χ0v) is 14.9. The molecule has 0 radical (unpaired) electrons. The molecule has 3 heteroatoms. The van der Waals surface area contributed by atoms with Gasteiger partial charge in [0.05, 0.1) is 18.1 Å². The summed E-state index contributed by atoms with van der Waals surface area (Å²) in [6, 6.07) is 1.95. The first-order valence-electron chi connectivity index (χ1n) is 8.97. The van der Waals surface area contributed by atoms with Crippen LogP contribution < -0.4 is 0 Å². The van der Waals surface area contributed by atoms with E-state index in [4.69, 9.17) is 4.42 Å². The molecule has 0 aliphatic heterocycles. The predicted molar refractivity (Wildman–Crippen MR) is 90.0 cm³/mol. The number of hydrogen-bond acceptors (Lipinski definition) is 3. The Bertz CT molecular complexity index is 574. The lowest BCUT2D eigenvalue weighted by Gasteiger charge is -2.62. The van der Waals surface area contributed by atoms with Crippen LogP contribution in [0.3, 0.4) is 0 Å². The molecular formula is C20H30O3. The number of fused-ring (bicyclic) bond motifs is 1. The van der Waals surface area contributed by atoms with E-state index in [0.717, 1.165) is 31.2 Å². The molecule has 0 amide bonds. The maximum Gasteiger partial charge on any atom is 0.138 e. The Labute approximate surface area is 139 Å². The van der Waals surface area contributed by atoms with Crippen molar-refractivity contribution in [2.45, 2.75) is 71.8 Å². The number of ketones is 1. The van der Waals surface area contributed by atoms with Crippen LogP contribution in [0, 0.1) is 22.7 Å². The van der Waals surface area contributed by atoms with Gasteiger partial charge in [-0.15, -0.1) is 0 Å². The molecule has 2 aliphatic carbocycles. The van der Waals surface area contributed by atoms with Gasteiger partial charge in [-0.1, -0.05) is 34.1 Å². The molecule has 128 valence electrons. The molecule has 0 spiro atoms. The number of aryl methyl sites for hydroxylation is 1. The summed E-state index contributed by atoms with van der Waals surface area (Å²) >= 11 is 0. The Hall–Kier alpha value is -1.09. The summed E-state index contributed by atoms with van der Waals surface area (Å²) in [6.45, 7) is 8.71. The Balaban J connectivity index is 1.95. The Morgan fingerprint density at radius 3 is 2.70 bits per heavy atom. The lowest BCUT2D eigenvalue weighted by molar-refractivity contribution is -0.208. The minimum atomic E-state index is -0.929. The second-order valence-electron chi connectivity index (χ2n) is 8.76. The first kappa shape index (κ1) is 16.8. The Kier molecular flexibility index (Phi) is 3.99. The van der Waals surface area contributed by atoms with E-state index in [0.29, 0.717) is 12.8 Å². The van der Waals surface area contributed by atoms with E-state index in [9.17, 15) is 9.90 Å². The molecule has 3 rings (SSSR count). The highest BCUT2D eigenvalue weighted by Gasteiger charge is 2.63. The van der Waals surface area contributed by atoms with Crippen LogP contribution in [0.25, 0.3) is 0 Å². The minimum absolute atomic E-state index is 0.117. The van der Waals surface area contributed by atoms with Crippen molar-refractivity contribution in [1.29, 1.82) is 0 Å². The van der Waals surface area contributed by atoms with Gasteiger partial charge in [0.1, 0.15) is 5.78 Å². The molecule has 0 aromatic carbocycles. The molecule has 2 aliphatic rings. The second-order valence-corrected chi connectivity index (χ2v) is 8.76. The van der Waals surface area contributed by atoms with E-state index in [2.05, 4.69) is 20.8 Å². The number of carbonyl (C=O) groups excluding carboxylic acids is 1. The maximum absolute atomic E-state index is 12.7. The topological polar surface area (TPSA) is 50.4 Å². The van der Waals surface area contributed by atoms with E-state index < -0.39 is 5.60 Å². The van der Waals surface area contributed by atoms with Gasteiger partial charge in [0.2, 0.25) is 0 Å². The maximum atomic E-state index is 12.7. The van der Waals surface area contributed by atoms with E-state index in [-0.39, 0.29) is 28.4 Å². The molecule has 23 heavy (non-hydrogen) atoms. The normalized spacial score (nSPS) is 40.0. The van der Waals surface area contributed by atoms with E-state index >= 15 is 0 Å². The number of hydrogen-bond donors (Lipinski definition) is 1. The molecule has 1 aromatic rings. The molecule has 0 bridgehead atoms. The third-order valence-electron chi connectivity index (χ3n) is 7.20. The third kappa shape index (κ3) is 2.48. The summed E-state index contributed by atoms with van der Waals surface area (Å²) in [4.78, 5) is 12.7. The van der Waals surface area contributed by atoms with Gasteiger partial charge in [0.25, 0.3) is 0 Å². The third-order valence-corrected chi connectivity index (χ3v) is 7.20. The molecule has 1 heterocycles. The van der Waals surface area contributed by atoms with E-state index in [1.165, 1.54) is 0 Å². The van der Waals surface area contributed by atoms with Crippen LogP contribution >= 0.6 is 0 Å². The van der Waals surface area contributed by atoms with Crippen LogP contribution in [0.15, 0.2) is 23.0 Å². The molecule has 4 atom stereocenters. The number of Topliss-reactive ketones (excluding diaryl/α,β-unsaturated/α-hetero) is 1. The highest BCUT2D eigenvalue weighted by Crippen LogP contribution is 2.62. The number of rotatable bonds is 3. The average Bonchev–Trinajstić information content (AvgIpc) is 2.99. The molecule has 0 saturated heterocycles. The monoisotopic (exact) mass is 318 g/mol. The lowest BCUT2D eigenvalue weighted by atomic mass is 9.44. The molecule has 0 unspecified atom stereocenters. The summed E-state index contributed by atoms with van der Waals surface area (Å²) in [5.41, 5.74) is 0.0964. The van der Waals surface area contributed by atoms with Gasteiger partial charge < -0.3 is 9.52 Å². The summed E-state index contributed by atoms with van der Waals surface area (Å²) in [7, 11) is 0. The number of furan rings is 1. The first-order valence-corrected chi connectivity index (χ1v) is 8.97. The summed E-state index contributed by atoms with van der Waals surface area (Å²) in [6.07, 6.45) is 8.71. The van der Waals surface area contributed by atoms with Crippen molar-refractivity contribution in [2.24, 2.45) is 22.7 Å². The summed E-state index contributed by atoms with van der Waals surface area (Å²) in [5.74, 6) is 0.212. The highest BCUT2D eigenvalue weighted by atomic mass is 16.3. The van der Waals surface area contributed by atoms with Gasteiger partial charge in [-0.3, -0.25) is 4.79 Å². The van der Waals surface area contributed by atoms with Crippen LogP contribution in [0.4, 0.5) is 0 Å². The highest BCUT2D eigenvalue weighted by molar-refractivity contribution is 5.83. The fourth-order valence-corrected chi connectivity index (χ4v) is 5.55. The molecular weight excluding hydrogens is 288 g/mol. The van der Waals surface area contributed by atoms with Crippen LogP contribution in [0.2, 0.25) is 0 Å². The first-order chi connectivity index (χ1) is 10.7. The van der Waals surface area contributed by atoms with Crippen molar-refractivity contribution in [3.05, 3.63) is 24.2 Å². The van der Waals surface area contributed by atoms with Crippen LogP contribution in [0.5, 0.6) is 0 Å². The summed E-state index contributed by atoms with van der Waals surface area (Å²) < 4.78 is 5.15. The Morgan fingerprint density at radius 2 is 2.04 bits per heavy atom. The van der Waals surface area contributed by atoms with Crippen molar-refractivity contribution in [3.8, 4) is 0 Å². The number of aliphatic hydroxyl groups is 1. The van der Waals surface area contributed by atoms with Crippen molar-refractivity contribution < 1.29 is 14.3 Å². The van der Waals surface area contributed by atoms with Crippen molar-refractivity contribution in [1.82, 2.24) is 0 Å². The molecule has 3 nitrogen and oxygen atoms in total.